The first kappa shape index (κ1) is 21.7. The maximum atomic E-state index is 13.8. The number of nitrogens with one attached hydrogen (secondary N) is 1. The predicted octanol–water partition coefficient (Wildman–Crippen LogP) is 5.18. The molecule has 3 aromatic carbocycles. The van der Waals surface area contributed by atoms with Crippen LogP contribution in [0.3, 0.4) is 0 Å². The maximum Gasteiger partial charge on any atom is 0.246 e. The number of nitrogens with zero attached hydrogens (tertiary/aromatic N) is 2. The first-order valence-corrected chi connectivity index (χ1v) is 12.3. The minimum absolute atomic E-state index is 0.00669. The van der Waals surface area contributed by atoms with Crippen molar-refractivity contribution in [1.29, 1.82) is 0 Å². The Labute approximate surface area is 205 Å². The van der Waals surface area contributed by atoms with Crippen molar-refractivity contribution < 1.29 is 9.59 Å². The third kappa shape index (κ3) is 3.63. The van der Waals surface area contributed by atoms with E-state index in [-0.39, 0.29) is 24.4 Å². The number of rotatable bonds is 4. The van der Waals surface area contributed by atoms with Gasteiger partial charge in [-0.25, -0.2) is 0 Å². The number of hydrogen-bond donors (Lipinski definition) is 1. The van der Waals surface area contributed by atoms with Gasteiger partial charge in [0.1, 0.15) is 12.6 Å². The molecule has 176 valence electrons. The summed E-state index contributed by atoms with van der Waals surface area (Å²) in [6.07, 6.45) is 0.524. The number of aromatic amines is 1. The quantitative estimate of drug-likeness (QED) is 0.454. The molecule has 6 rings (SSSR count). The summed E-state index contributed by atoms with van der Waals surface area (Å²) in [5.41, 5.74) is 6.53. The minimum atomic E-state index is -0.513. The molecule has 0 bridgehead atoms. The summed E-state index contributed by atoms with van der Waals surface area (Å²) in [5, 5.41) is 1.13. The number of aromatic nitrogens is 1. The van der Waals surface area contributed by atoms with Gasteiger partial charge < -0.3 is 14.8 Å². The average molecular weight is 464 g/mol. The van der Waals surface area contributed by atoms with Crippen LogP contribution in [0.15, 0.2) is 78.9 Å². The Kier molecular flexibility index (Phi) is 5.21. The van der Waals surface area contributed by atoms with Gasteiger partial charge in [-0.2, -0.15) is 0 Å². The summed E-state index contributed by atoms with van der Waals surface area (Å²) in [6.45, 7) is 4.90. The Bertz CT molecular complexity index is 1400. The van der Waals surface area contributed by atoms with Gasteiger partial charge >= 0.3 is 0 Å². The van der Waals surface area contributed by atoms with Gasteiger partial charge in [0, 0.05) is 29.6 Å². The van der Waals surface area contributed by atoms with E-state index >= 15 is 0 Å². The van der Waals surface area contributed by atoms with Crippen molar-refractivity contribution in [1.82, 2.24) is 14.8 Å². The van der Waals surface area contributed by atoms with Crippen LogP contribution in [0.4, 0.5) is 0 Å². The monoisotopic (exact) mass is 463 g/mol. The number of piperazine rings is 1. The molecule has 0 aliphatic carbocycles. The highest BCUT2D eigenvalue weighted by molar-refractivity contribution is 5.97. The Balaban J connectivity index is 1.45. The predicted molar refractivity (Wildman–Crippen MR) is 137 cm³/mol. The molecule has 2 atom stereocenters. The molecule has 0 saturated carbocycles. The van der Waals surface area contributed by atoms with Crippen molar-refractivity contribution in [2.24, 2.45) is 0 Å². The fourth-order valence-electron chi connectivity index (χ4n) is 5.67. The summed E-state index contributed by atoms with van der Waals surface area (Å²) in [4.78, 5) is 34.7. The van der Waals surface area contributed by atoms with Gasteiger partial charge in [0.05, 0.1) is 6.04 Å². The lowest BCUT2D eigenvalue weighted by Crippen LogP contribution is -2.62. The third-order valence-electron chi connectivity index (χ3n) is 7.48. The van der Waals surface area contributed by atoms with Crippen LogP contribution < -0.4 is 0 Å². The molecule has 1 aromatic heterocycles. The molecule has 1 N–H and O–H groups in total. The molecule has 2 aliphatic rings. The third-order valence-corrected chi connectivity index (χ3v) is 7.48. The number of para-hydroxylation sites is 1. The van der Waals surface area contributed by atoms with E-state index < -0.39 is 6.04 Å². The molecule has 2 amide bonds. The second kappa shape index (κ2) is 8.42. The number of benzene rings is 3. The summed E-state index contributed by atoms with van der Waals surface area (Å²) in [5.74, 6) is 0.442. The molecular formula is C30H29N3O2. The van der Waals surface area contributed by atoms with Crippen molar-refractivity contribution in [3.05, 3.63) is 107 Å². The van der Waals surface area contributed by atoms with Gasteiger partial charge in [-0.05, 0) is 34.2 Å². The fraction of sp³-hybridized carbons (Fsp3) is 0.267. The van der Waals surface area contributed by atoms with Crippen LogP contribution in [-0.4, -0.2) is 39.2 Å². The fourth-order valence-corrected chi connectivity index (χ4v) is 5.67. The molecule has 1 fully saturated rings. The van der Waals surface area contributed by atoms with Crippen molar-refractivity contribution in [3.8, 4) is 0 Å². The molecule has 35 heavy (non-hydrogen) atoms. The van der Waals surface area contributed by atoms with Gasteiger partial charge in [-0.15, -0.1) is 0 Å². The zero-order valence-corrected chi connectivity index (χ0v) is 20.1. The summed E-state index contributed by atoms with van der Waals surface area (Å²) < 4.78 is 0. The lowest BCUT2D eigenvalue weighted by atomic mass is 9.85. The minimum Gasteiger partial charge on any atom is -0.356 e. The number of hydrogen-bond acceptors (Lipinski definition) is 2. The van der Waals surface area contributed by atoms with Crippen LogP contribution in [0, 0.1) is 0 Å². The first-order chi connectivity index (χ1) is 17.0. The van der Waals surface area contributed by atoms with E-state index in [1.807, 2.05) is 47.4 Å². The van der Waals surface area contributed by atoms with Crippen molar-refractivity contribution in [3.63, 3.8) is 0 Å². The highest BCUT2D eigenvalue weighted by atomic mass is 16.2. The first-order valence-electron chi connectivity index (χ1n) is 12.3. The second-order valence-corrected chi connectivity index (χ2v) is 9.99. The summed E-state index contributed by atoms with van der Waals surface area (Å²) in [6, 6.07) is 25.8. The van der Waals surface area contributed by atoms with E-state index in [2.05, 4.69) is 55.2 Å². The van der Waals surface area contributed by atoms with E-state index in [4.69, 9.17) is 0 Å². The molecule has 5 heteroatoms. The van der Waals surface area contributed by atoms with E-state index in [1.54, 1.807) is 4.90 Å². The normalized spacial score (nSPS) is 19.9. The highest BCUT2D eigenvalue weighted by Crippen LogP contribution is 2.42. The highest BCUT2D eigenvalue weighted by Gasteiger charge is 2.48. The molecular weight excluding hydrogens is 434 g/mol. The number of carbonyl (C=O) groups excluding carboxylic acids is 2. The van der Waals surface area contributed by atoms with Crippen LogP contribution in [-0.2, 0) is 22.6 Å². The largest absolute Gasteiger partial charge is 0.356 e. The molecule has 3 heterocycles. The molecule has 1 unspecified atom stereocenters. The molecule has 5 nitrogen and oxygen atoms in total. The molecule has 0 radical (unpaired) electrons. The lowest BCUT2D eigenvalue weighted by molar-refractivity contribution is -0.159. The Morgan fingerprint density at radius 3 is 2.37 bits per heavy atom. The smallest absolute Gasteiger partial charge is 0.246 e. The number of carbonyl (C=O) groups is 2. The van der Waals surface area contributed by atoms with Gasteiger partial charge in [0.15, 0.2) is 0 Å². The van der Waals surface area contributed by atoms with Crippen molar-refractivity contribution in [2.45, 2.75) is 44.8 Å². The second-order valence-electron chi connectivity index (χ2n) is 9.99. The van der Waals surface area contributed by atoms with Crippen LogP contribution in [0.25, 0.3) is 10.9 Å². The number of amides is 2. The van der Waals surface area contributed by atoms with Crippen LogP contribution >= 0.6 is 0 Å². The number of fused-ring (bicyclic) bond motifs is 4. The lowest BCUT2D eigenvalue weighted by Gasteiger charge is -2.47. The summed E-state index contributed by atoms with van der Waals surface area (Å²) >= 11 is 0. The summed E-state index contributed by atoms with van der Waals surface area (Å²) in [7, 11) is 0. The molecule has 4 aromatic rings. The van der Waals surface area contributed by atoms with E-state index in [9.17, 15) is 9.59 Å². The van der Waals surface area contributed by atoms with Gasteiger partial charge in [0.25, 0.3) is 0 Å². The Hall–Kier alpha value is -3.86. The standard InChI is InChI=1S/C30H29N3O2/c1-19(2)21-12-14-22(15-13-21)29-28-24(23-10-6-7-11-25(23)31-28)16-26-30(35)32(18-27(34)33(26)29)17-20-8-4-3-5-9-20/h3-15,19,26,29,31H,16-18H2,1-2H3/t26-,29?/m1/s1. The SMILES string of the molecule is CC(C)c1ccc(C2c3[nH]c4ccccc4c3C[C@@H]3C(=O)N(Cc4ccccc4)CC(=O)N23)cc1. The molecule has 1 saturated heterocycles. The van der Waals surface area contributed by atoms with Gasteiger partial charge in [0.2, 0.25) is 11.8 Å². The maximum absolute atomic E-state index is 13.8. The van der Waals surface area contributed by atoms with Crippen LogP contribution in [0.5, 0.6) is 0 Å². The van der Waals surface area contributed by atoms with Crippen LogP contribution in [0.2, 0.25) is 0 Å². The molecule has 2 aliphatic heterocycles. The Morgan fingerprint density at radius 2 is 1.63 bits per heavy atom. The van der Waals surface area contributed by atoms with E-state index in [1.165, 1.54) is 5.56 Å². The average Bonchev–Trinajstić information content (AvgIpc) is 3.25. The van der Waals surface area contributed by atoms with Crippen molar-refractivity contribution in [2.75, 3.05) is 6.54 Å². The zero-order chi connectivity index (χ0) is 24.1. The van der Waals surface area contributed by atoms with Crippen LogP contribution in [0.1, 0.15) is 53.8 Å². The van der Waals surface area contributed by atoms with Gasteiger partial charge in [-0.3, -0.25) is 9.59 Å². The Morgan fingerprint density at radius 1 is 0.914 bits per heavy atom. The zero-order valence-electron chi connectivity index (χ0n) is 20.1. The van der Waals surface area contributed by atoms with Gasteiger partial charge in [-0.1, -0.05) is 86.6 Å². The molecule has 0 spiro atoms. The topological polar surface area (TPSA) is 56.4 Å². The van der Waals surface area contributed by atoms with E-state index in [0.29, 0.717) is 18.9 Å². The van der Waals surface area contributed by atoms with Crippen molar-refractivity contribution >= 4 is 22.7 Å². The number of H-pyrrole nitrogens is 1. The van der Waals surface area contributed by atoms with E-state index in [0.717, 1.165) is 33.3 Å².